The van der Waals surface area contributed by atoms with E-state index in [4.69, 9.17) is 0 Å². The molecule has 0 aromatic carbocycles. The van der Waals surface area contributed by atoms with Gasteiger partial charge in [-0.05, 0) is 82.0 Å². The number of hydrogen-bond acceptors (Lipinski definition) is 4. The highest BCUT2D eigenvalue weighted by Crippen LogP contribution is 2.60. The topological polar surface area (TPSA) is 54.9 Å². The number of rotatable bonds is 4. The van der Waals surface area contributed by atoms with Gasteiger partial charge in [0.1, 0.15) is 5.01 Å². The lowest BCUT2D eigenvalue weighted by molar-refractivity contribution is -0.140. The van der Waals surface area contributed by atoms with Gasteiger partial charge in [-0.15, -0.1) is 10.2 Å². The molecule has 4 nitrogen and oxygen atoms in total. The number of amides is 1. The van der Waals surface area contributed by atoms with E-state index < -0.39 is 0 Å². The second kappa shape index (κ2) is 6.19. The summed E-state index contributed by atoms with van der Waals surface area (Å²) in [5.41, 5.74) is 1.38. The number of carbonyl (C=O) groups excluding carboxylic acids is 1. The SMILES string of the molecule is O=C(Nc1nnc(CC2=CCCCC2)s1)C12CC3CC(CC(C3)C1)C2. The second-order valence-corrected chi connectivity index (χ2v) is 10.00. The first-order chi connectivity index (χ1) is 12.2. The standard InChI is InChI=1S/C20H27N3OS/c24-18(20-10-14-6-15(11-20)8-16(7-14)12-20)21-19-23-22-17(25-19)9-13-4-2-1-3-5-13/h4,14-16H,1-3,5-12H2,(H,21,23,24). The number of nitrogens with zero attached hydrogens (tertiary/aromatic N) is 2. The minimum absolute atomic E-state index is 0.105. The highest BCUT2D eigenvalue weighted by Gasteiger charge is 2.54. The molecule has 1 aromatic rings. The highest BCUT2D eigenvalue weighted by molar-refractivity contribution is 7.15. The number of allylic oxidation sites excluding steroid dienone is 2. The fourth-order valence-corrected chi connectivity index (χ4v) is 7.04. The first-order valence-electron chi connectivity index (χ1n) is 10.0. The smallest absolute Gasteiger partial charge is 0.232 e. The van der Waals surface area contributed by atoms with Crippen LogP contribution in [0, 0.1) is 23.2 Å². The lowest BCUT2D eigenvalue weighted by Crippen LogP contribution is -2.51. The molecule has 4 fully saturated rings. The van der Waals surface area contributed by atoms with Crippen molar-refractivity contribution < 1.29 is 4.79 Å². The summed E-state index contributed by atoms with van der Waals surface area (Å²) >= 11 is 1.56. The number of nitrogens with one attached hydrogen (secondary N) is 1. The molecule has 0 atom stereocenters. The maximum atomic E-state index is 13.1. The Morgan fingerprint density at radius 1 is 1.12 bits per heavy atom. The Balaban J connectivity index is 1.26. The van der Waals surface area contributed by atoms with Gasteiger partial charge in [0.25, 0.3) is 0 Å². The van der Waals surface area contributed by atoms with E-state index in [-0.39, 0.29) is 11.3 Å². The van der Waals surface area contributed by atoms with Crippen LogP contribution in [-0.4, -0.2) is 16.1 Å². The Kier molecular flexibility index (Phi) is 3.95. The lowest BCUT2D eigenvalue weighted by atomic mass is 9.49. The molecule has 6 rings (SSSR count). The monoisotopic (exact) mass is 357 g/mol. The van der Waals surface area contributed by atoms with Crippen LogP contribution in [-0.2, 0) is 11.2 Å². The lowest BCUT2D eigenvalue weighted by Gasteiger charge is -2.55. The molecule has 0 spiro atoms. The zero-order valence-corrected chi connectivity index (χ0v) is 15.6. The molecule has 1 aromatic heterocycles. The summed E-state index contributed by atoms with van der Waals surface area (Å²) in [6.45, 7) is 0. The van der Waals surface area contributed by atoms with Crippen molar-refractivity contribution in [1.82, 2.24) is 10.2 Å². The predicted molar refractivity (Wildman–Crippen MR) is 99.4 cm³/mol. The van der Waals surface area contributed by atoms with Crippen molar-refractivity contribution in [2.75, 3.05) is 5.32 Å². The number of anilines is 1. The van der Waals surface area contributed by atoms with Gasteiger partial charge in [0, 0.05) is 6.42 Å². The molecular weight excluding hydrogens is 330 g/mol. The Morgan fingerprint density at radius 2 is 1.84 bits per heavy atom. The third-order valence-corrected chi connectivity index (χ3v) is 7.81. The Hall–Kier alpha value is -1.23. The van der Waals surface area contributed by atoms with Crippen LogP contribution in [0.5, 0.6) is 0 Å². The van der Waals surface area contributed by atoms with Crippen LogP contribution in [0.15, 0.2) is 11.6 Å². The van der Waals surface area contributed by atoms with Crippen molar-refractivity contribution in [3.8, 4) is 0 Å². The Bertz CT molecular complexity index is 672. The molecule has 0 saturated heterocycles. The molecule has 1 N–H and O–H groups in total. The van der Waals surface area contributed by atoms with E-state index in [0.717, 1.165) is 48.4 Å². The minimum atomic E-state index is -0.105. The summed E-state index contributed by atoms with van der Waals surface area (Å²) in [7, 11) is 0. The van der Waals surface area contributed by atoms with Gasteiger partial charge in [-0.25, -0.2) is 0 Å². The summed E-state index contributed by atoms with van der Waals surface area (Å²) < 4.78 is 0. The number of hydrogen-bond donors (Lipinski definition) is 1. The van der Waals surface area contributed by atoms with Gasteiger partial charge in [-0.1, -0.05) is 23.0 Å². The summed E-state index contributed by atoms with van der Waals surface area (Å²) in [5, 5.41) is 13.5. The molecule has 134 valence electrons. The fourth-order valence-electron chi connectivity index (χ4n) is 6.25. The number of aromatic nitrogens is 2. The van der Waals surface area contributed by atoms with Gasteiger partial charge >= 0.3 is 0 Å². The predicted octanol–water partition coefficient (Wildman–Crippen LogP) is 4.74. The molecule has 5 aliphatic rings. The molecule has 5 aliphatic carbocycles. The van der Waals surface area contributed by atoms with Crippen LogP contribution in [0.25, 0.3) is 0 Å². The van der Waals surface area contributed by atoms with Crippen molar-refractivity contribution in [2.45, 2.75) is 70.6 Å². The van der Waals surface area contributed by atoms with Gasteiger partial charge in [0.15, 0.2) is 0 Å². The first kappa shape index (κ1) is 16.0. The third kappa shape index (κ3) is 3.05. The molecule has 25 heavy (non-hydrogen) atoms. The van der Waals surface area contributed by atoms with E-state index in [0.29, 0.717) is 5.13 Å². The van der Waals surface area contributed by atoms with E-state index in [1.807, 2.05) is 0 Å². The van der Waals surface area contributed by atoms with Crippen LogP contribution >= 0.6 is 11.3 Å². The summed E-state index contributed by atoms with van der Waals surface area (Å²) in [5.74, 6) is 2.60. The maximum absolute atomic E-state index is 13.1. The third-order valence-electron chi connectivity index (χ3n) is 6.97. The highest BCUT2D eigenvalue weighted by atomic mass is 32.1. The first-order valence-corrected chi connectivity index (χ1v) is 10.8. The van der Waals surface area contributed by atoms with Crippen LogP contribution in [0.1, 0.15) is 69.2 Å². The molecule has 1 heterocycles. The van der Waals surface area contributed by atoms with Gasteiger partial charge in [-0.3, -0.25) is 4.79 Å². The molecule has 0 unspecified atom stereocenters. The number of carbonyl (C=O) groups is 1. The average molecular weight is 358 g/mol. The molecule has 4 bridgehead atoms. The molecule has 0 radical (unpaired) electrons. The summed E-state index contributed by atoms with van der Waals surface area (Å²) in [6.07, 6.45) is 15.7. The normalized spacial score (nSPS) is 36.3. The van der Waals surface area contributed by atoms with Crippen molar-refractivity contribution in [3.05, 3.63) is 16.7 Å². The molecule has 5 heteroatoms. The van der Waals surface area contributed by atoms with Crippen molar-refractivity contribution >= 4 is 22.4 Å². The van der Waals surface area contributed by atoms with E-state index in [1.54, 1.807) is 11.3 Å². The van der Waals surface area contributed by atoms with Crippen molar-refractivity contribution in [1.29, 1.82) is 0 Å². The van der Waals surface area contributed by atoms with Gasteiger partial charge < -0.3 is 5.32 Å². The minimum Gasteiger partial charge on any atom is -0.300 e. The summed E-state index contributed by atoms with van der Waals surface area (Å²) in [6, 6.07) is 0. The molecular formula is C20H27N3OS. The second-order valence-electron chi connectivity index (χ2n) is 8.94. The van der Waals surface area contributed by atoms with Crippen LogP contribution in [0.3, 0.4) is 0 Å². The van der Waals surface area contributed by atoms with Gasteiger partial charge in [0.2, 0.25) is 11.0 Å². The molecule has 4 saturated carbocycles. The van der Waals surface area contributed by atoms with E-state index in [1.165, 1.54) is 50.5 Å². The van der Waals surface area contributed by atoms with Crippen LogP contribution < -0.4 is 5.32 Å². The van der Waals surface area contributed by atoms with E-state index in [9.17, 15) is 4.79 Å². The van der Waals surface area contributed by atoms with E-state index in [2.05, 4.69) is 21.6 Å². The van der Waals surface area contributed by atoms with Crippen LogP contribution in [0.4, 0.5) is 5.13 Å². The largest absolute Gasteiger partial charge is 0.300 e. The summed E-state index contributed by atoms with van der Waals surface area (Å²) in [4.78, 5) is 13.1. The average Bonchev–Trinajstić information content (AvgIpc) is 3.01. The maximum Gasteiger partial charge on any atom is 0.232 e. The fraction of sp³-hybridized carbons (Fsp3) is 0.750. The quantitative estimate of drug-likeness (QED) is 0.792. The van der Waals surface area contributed by atoms with Crippen molar-refractivity contribution in [2.24, 2.45) is 23.2 Å². The molecule has 0 aliphatic heterocycles. The van der Waals surface area contributed by atoms with Gasteiger partial charge in [-0.2, -0.15) is 0 Å². The molecule has 1 amide bonds. The zero-order chi connectivity index (χ0) is 16.9. The Labute approximate surface area is 153 Å². The van der Waals surface area contributed by atoms with Crippen molar-refractivity contribution in [3.63, 3.8) is 0 Å². The van der Waals surface area contributed by atoms with E-state index >= 15 is 0 Å². The van der Waals surface area contributed by atoms with Crippen LogP contribution in [0.2, 0.25) is 0 Å². The zero-order valence-electron chi connectivity index (χ0n) is 14.8. The van der Waals surface area contributed by atoms with Gasteiger partial charge in [0.05, 0.1) is 5.41 Å². The Morgan fingerprint density at radius 3 is 2.48 bits per heavy atom.